The van der Waals surface area contributed by atoms with Crippen molar-refractivity contribution in [1.82, 2.24) is 15.5 Å². The molecule has 1 saturated carbocycles. The number of aryl methyl sites for hydroxylation is 1. The van der Waals surface area contributed by atoms with Crippen LogP contribution in [0.2, 0.25) is 0 Å². The Labute approximate surface area is 101 Å². The molecule has 1 unspecified atom stereocenters. The molecule has 1 aromatic rings. The van der Waals surface area contributed by atoms with Gasteiger partial charge in [0.05, 0.1) is 11.4 Å². The van der Waals surface area contributed by atoms with Crippen LogP contribution in [0.4, 0.5) is 5.69 Å². The topological polar surface area (TPSA) is 83.8 Å². The normalized spacial score (nSPS) is 22.6. The van der Waals surface area contributed by atoms with Crippen molar-refractivity contribution in [2.75, 3.05) is 5.73 Å². The van der Waals surface area contributed by atoms with Gasteiger partial charge in [-0.15, -0.1) is 0 Å². The lowest BCUT2D eigenvalue weighted by Gasteiger charge is -2.27. The van der Waals surface area contributed by atoms with Gasteiger partial charge < -0.3 is 11.1 Å². The van der Waals surface area contributed by atoms with Crippen molar-refractivity contribution in [3.05, 3.63) is 11.4 Å². The van der Waals surface area contributed by atoms with Crippen molar-refractivity contribution >= 4 is 11.6 Å². The van der Waals surface area contributed by atoms with Gasteiger partial charge in [-0.3, -0.25) is 9.89 Å². The Bertz CT molecular complexity index is 436. The third-order valence-electron chi connectivity index (χ3n) is 3.77. The number of nitrogens with zero attached hydrogens (tertiary/aromatic N) is 1. The molecule has 0 saturated heterocycles. The molecule has 0 radical (unpaired) electrons. The Morgan fingerprint density at radius 1 is 1.59 bits per heavy atom. The number of aromatic nitrogens is 2. The fraction of sp³-hybridized carbons (Fsp3) is 0.667. The summed E-state index contributed by atoms with van der Waals surface area (Å²) in [5, 5.41) is 9.71. The highest BCUT2D eigenvalue weighted by Crippen LogP contribution is 2.37. The summed E-state index contributed by atoms with van der Waals surface area (Å²) in [5.74, 6) is -0.174. The molecule has 1 aromatic heterocycles. The average Bonchev–Trinajstić information content (AvgIpc) is 2.73. The zero-order valence-electron chi connectivity index (χ0n) is 10.6. The van der Waals surface area contributed by atoms with Crippen molar-refractivity contribution in [2.24, 2.45) is 5.41 Å². The Morgan fingerprint density at radius 2 is 2.29 bits per heavy atom. The van der Waals surface area contributed by atoms with E-state index in [9.17, 15) is 4.79 Å². The quantitative estimate of drug-likeness (QED) is 0.729. The fourth-order valence-corrected chi connectivity index (χ4v) is 2.43. The molecule has 1 aliphatic carbocycles. The summed E-state index contributed by atoms with van der Waals surface area (Å²) in [5.41, 5.74) is 7.44. The van der Waals surface area contributed by atoms with Crippen LogP contribution in [0, 0.1) is 12.3 Å². The number of nitrogens with one attached hydrogen (secondary N) is 2. The van der Waals surface area contributed by atoms with Gasteiger partial charge in [0.2, 0.25) is 0 Å². The van der Waals surface area contributed by atoms with E-state index >= 15 is 0 Å². The van der Waals surface area contributed by atoms with E-state index in [1.54, 1.807) is 6.92 Å². The number of amides is 1. The molecule has 0 aliphatic heterocycles. The maximum atomic E-state index is 12.0. The molecule has 1 atom stereocenters. The molecule has 5 heteroatoms. The summed E-state index contributed by atoms with van der Waals surface area (Å²) < 4.78 is 0. The molecule has 1 aliphatic rings. The zero-order valence-corrected chi connectivity index (χ0v) is 10.6. The zero-order chi connectivity index (χ0) is 12.6. The lowest BCUT2D eigenvalue weighted by atomic mass is 9.87. The molecule has 0 aromatic carbocycles. The molecule has 1 amide bonds. The summed E-state index contributed by atoms with van der Waals surface area (Å²) in [6.45, 7) is 6.17. The van der Waals surface area contributed by atoms with Gasteiger partial charge in [-0.1, -0.05) is 20.3 Å². The molecule has 17 heavy (non-hydrogen) atoms. The molecule has 1 fully saturated rings. The van der Waals surface area contributed by atoms with Gasteiger partial charge in [-0.2, -0.15) is 5.10 Å². The van der Waals surface area contributed by atoms with Crippen molar-refractivity contribution in [1.29, 1.82) is 0 Å². The van der Waals surface area contributed by atoms with Gasteiger partial charge in [-0.25, -0.2) is 0 Å². The van der Waals surface area contributed by atoms with E-state index in [0.717, 1.165) is 25.0 Å². The van der Waals surface area contributed by atoms with E-state index in [-0.39, 0.29) is 17.4 Å². The number of hydrogen-bond acceptors (Lipinski definition) is 3. The molecule has 2 rings (SSSR count). The maximum Gasteiger partial charge on any atom is 0.274 e. The number of carbonyl (C=O) groups is 1. The second kappa shape index (κ2) is 4.05. The summed E-state index contributed by atoms with van der Waals surface area (Å²) >= 11 is 0. The Morgan fingerprint density at radius 3 is 2.76 bits per heavy atom. The highest BCUT2D eigenvalue weighted by atomic mass is 16.2. The SMILES string of the molecule is Cc1[nH]nc(C(=O)NC2CCCC2(C)C)c1N. The van der Waals surface area contributed by atoms with Gasteiger partial charge in [0.25, 0.3) is 5.91 Å². The Hall–Kier alpha value is -1.52. The number of H-pyrrole nitrogens is 1. The van der Waals surface area contributed by atoms with Crippen LogP contribution in [0.5, 0.6) is 0 Å². The van der Waals surface area contributed by atoms with E-state index in [4.69, 9.17) is 5.73 Å². The van der Waals surface area contributed by atoms with E-state index in [2.05, 4.69) is 29.4 Å². The average molecular weight is 236 g/mol. The van der Waals surface area contributed by atoms with Crippen LogP contribution in [0.3, 0.4) is 0 Å². The lowest BCUT2D eigenvalue weighted by Crippen LogP contribution is -2.41. The fourth-order valence-electron chi connectivity index (χ4n) is 2.43. The molecule has 94 valence electrons. The summed E-state index contributed by atoms with van der Waals surface area (Å²) in [6.07, 6.45) is 3.34. The van der Waals surface area contributed by atoms with Crippen LogP contribution in [-0.2, 0) is 0 Å². The molecular weight excluding hydrogens is 216 g/mol. The van der Waals surface area contributed by atoms with Crippen LogP contribution in [0.1, 0.15) is 49.3 Å². The lowest BCUT2D eigenvalue weighted by molar-refractivity contribution is 0.0906. The second-order valence-electron chi connectivity index (χ2n) is 5.52. The number of carbonyl (C=O) groups excluding carboxylic acids is 1. The monoisotopic (exact) mass is 236 g/mol. The van der Waals surface area contributed by atoms with Crippen LogP contribution >= 0.6 is 0 Å². The van der Waals surface area contributed by atoms with Crippen molar-refractivity contribution in [3.8, 4) is 0 Å². The standard InChI is InChI=1S/C12H20N4O/c1-7-9(13)10(16-15-7)11(17)14-8-5-4-6-12(8,2)3/h8H,4-6,13H2,1-3H3,(H,14,17)(H,15,16). The first kappa shape index (κ1) is 12.0. The first-order chi connectivity index (χ1) is 7.92. The summed E-state index contributed by atoms with van der Waals surface area (Å²) in [7, 11) is 0. The molecule has 0 bridgehead atoms. The number of anilines is 1. The minimum atomic E-state index is -0.174. The first-order valence-corrected chi connectivity index (χ1v) is 6.03. The van der Waals surface area contributed by atoms with Crippen molar-refractivity contribution in [2.45, 2.75) is 46.1 Å². The number of hydrogen-bond donors (Lipinski definition) is 3. The van der Waals surface area contributed by atoms with Gasteiger partial charge in [-0.05, 0) is 25.2 Å². The minimum Gasteiger partial charge on any atom is -0.395 e. The molecule has 5 nitrogen and oxygen atoms in total. The molecular formula is C12H20N4O. The first-order valence-electron chi connectivity index (χ1n) is 6.03. The van der Waals surface area contributed by atoms with Gasteiger partial charge in [0, 0.05) is 6.04 Å². The van der Waals surface area contributed by atoms with Crippen LogP contribution in [-0.4, -0.2) is 22.1 Å². The van der Waals surface area contributed by atoms with E-state index in [0.29, 0.717) is 11.4 Å². The summed E-state index contributed by atoms with van der Waals surface area (Å²) in [6, 6.07) is 0.214. The summed E-state index contributed by atoms with van der Waals surface area (Å²) in [4.78, 5) is 12.0. The van der Waals surface area contributed by atoms with Crippen LogP contribution in [0.25, 0.3) is 0 Å². The third kappa shape index (κ3) is 2.14. The predicted octanol–water partition coefficient (Wildman–Crippen LogP) is 1.61. The van der Waals surface area contributed by atoms with Gasteiger partial charge in [0.15, 0.2) is 5.69 Å². The number of rotatable bonds is 2. The molecule has 1 heterocycles. The van der Waals surface area contributed by atoms with E-state index in [1.807, 2.05) is 0 Å². The number of nitrogens with two attached hydrogens (primary N) is 1. The number of nitrogen functional groups attached to an aromatic ring is 1. The highest BCUT2D eigenvalue weighted by Gasteiger charge is 2.36. The highest BCUT2D eigenvalue weighted by molar-refractivity contribution is 5.97. The van der Waals surface area contributed by atoms with Crippen LogP contribution in [0.15, 0.2) is 0 Å². The maximum absolute atomic E-state index is 12.0. The van der Waals surface area contributed by atoms with E-state index in [1.165, 1.54) is 0 Å². The Kier molecular flexibility index (Phi) is 2.85. The minimum absolute atomic E-state index is 0.162. The van der Waals surface area contributed by atoms with Gasteiger partial charge >= 0.3 is 0 Å². The van der Waals surface area contributed by atoms with E-state index < -0.39 is 0 Å². The predicted molar refractivity (Wildman–Crippen MR) is 66.6 cm³/mol. The van der Waals surface area contributed by atoms with Crippen molar-refractivity contribution < 1.29 is 4.79 Å². The second-order valence-corrected chi connectivity index (χ2v) is 5.52. The van der Waals surface area contributed by atoms with Gasteiger partial charge in [0.1, 0.15) is 0 Å². The third-order valence-corrected chi connectivity index (χ3v) is 3.77. The molecule has 4 N–H and O–H groups in total. The van der Waals surface area contributed by atoms with Crippen LogP contribution < -0.4 is 11.1 Å². The number of aromatic amines is 1. The van der Waals surface area contributed by atoms with Crippen molar-refractivity contribution in [3.63, 3.8) is 0 Å². The Balaban J connectivity index is 2.10. The smallest absolute Gasteiger partial charge is 0.274 e. The largest absolute Gasteiger partial charge is 0.395 e. The molecule has 0 spiro atoms.